The third-order valence-electron chi connectivity index (χ3n) is 5.87. The minimum Gasteiger partial charge on any atom is -0.491 e. The summed E-state index contributed by atoms with van der Waals surface area (Å²) in [7, 11) is 0. The molecule has 0 aliphatic carbocycles. The summed E-state index contributed by atoms with van der Waals surface area (Å²) in [6, 6.07) is 19.8. The predicted octanol–water partition coefficient (Wildman–Crippen LogP) is 6.39. The van der Waals surface area contributed by atoms with Gasteiger partial charge >= 0.3 is 0 Å². The number of amides is 1. The molecule has 0 radical (unpaired) electrons. The topological polar surface area (TPSA) is 80.2 Å². The van der Waals surface area contributed by atoms with Crippen LogP contribution in [0.2, 0.25) is 0 Å². The quantitative estimate of drug-likeness (QED) is 0.212. The largest absolute Gasteiger partial charge is 0.491 e. The Kier molecular flexibility index (Phi) is 8.99. The van der Waals surface area contributed by atoms with Crippen LogP contribution >= 0.6 is 12.4 Å². The van der Waals surface area contributed by atoms with Crippen LogP contribution in [0.25, 0.3) is 17.0 Å². The number of nitriles is 1. The summed E-state index contributed by atoms with van der Waals surface area (Å²) in [5.74, 6) is 1.47. The fourth-order valence-electron chi connectivity index (χ4n) is 4.05. The second-order valence-corrected chi connectivity index (χ2v) is 8.77. The Morgan fingerprint density at radius 3 is 2.72 bits per heavy atom. The van der Waals surface area contributed by atoms with Crippen molar-refractivity contribution >= 4 is 35.3 Å². The molecule has 1 amide bonds. The highest BCUT2D eigenvalue weighted by Crippen LogP contribution is 2.28. The second kappa shape index (κ2) is 12.1. The van der Waals surface area contributed by atoms with Crippen molar-refractivity contribution in [2.45, 2.75) is 39.8 Å². The summed E-state index contributed by atoms with van der Waals surface area (Å²) in [6.07, 6.45) is 5.14. The number of carbonyl (C=O) groups excluding carboxylic acids is 1. The first kappa shape index (κ1) is 26.7. The minimum atomic E-state index is -0.440. The van der Waals surface area contributed by atoms with Crippen LogP contribution in [0.1, 0.15) is 42.2 Å². The van der Waals surface area contributed by atoms with Gasteiger partial charge in [0.1, 0.15) is 29.8 Å². The number of carbonyl (C=O) groups is 1. The number of aromatic nitrogens is 1. The van der Waals surface area contributed by atoms with Gasteiger partial charge in [0.2, 0.25) is 0 Å². The molecular formula is C29H30ClN3O3. The van der Waals surface area contributed by atoms with Crippen molar-refractivity contribution in [1.82, 2.24) is 9.88 Å². The highest BCUT2D eigenvalue weighted by atomic mass is 35.5. The van der Waals surface area contributed by atoms with Crippen molar-refractivity contribution in [3.05, 3.63) is 95.1 Å². The Bertz CT molecular complexity index is 1400. The Morgan fingerprint density at radius 1 is 1.19 bits per heavy atom. The van der Waals surface area contributed by atoms with E-state index in [0.717, 1.165) is 27.8 Å². The van der Waals surface area contributed by atoms with E-state index in [1.54, 1.807) is 24.5 Å². The number of aryl methyl sites for hydroxylation is 1. The fraction of sp³-hybridized carbons (Fsp3) is 0.241. The van der Waals surface area contributed by atoms with E-state index in [1.807, 2.05) is 36.5 Å². The average molecular weight is 504 g/mol. The van der Waals surface area contributed by atoms with Crippen molar-refractivity contribution in [1.29, 1.82) is 5.26 Å². The maximum absolute atomic E-state index is 12.6. The maximum atomic E-state index is 12.6. The summed E-state index contributed by atoms with van der Waals surface area (Å²) in [5.41, 5.74) is 4.22. The highest BCUT2D eigenvalue weighted by Gasteiger charge is 2.13. The van der Waals surface area contributed by atoms with Crippen LogP contribution in [0.15, 0.2) is 77.0 Å². The first-order valence-electron chi connectivity index (χ1n) is 11.7. The molecule has 0 spiro atoms. The zero-order chi connectivity index (χ0) is 24.8. The number of furan rings is 1. The smallest absolute Gasteiger partial charge is 0.262 e. The van der Waals surface area contributed by atoms with Crippen LogP contribution in [0, 0.1) is 18.3 Å². The number of hydrogen-bond acceptors (Lipinski definition) is 4. The Labute approximate surface area is 217 Å². The van der Waals surface area contributed by atoms with Crippen molar-refractivity contribution in [3.63, 3.8) is 0 Å². The van der Waals surface area contributed by atoms with E-state index in [9.17, 15) is 10.1 Å². The summed E-state index contributed by atoms with van der Waals surface area (Å²) in [4.78, 5) is 12.6. The number of rotatable bonds is 9. The van der Waals surface area contributed by atoms with E-state index in [0.29, 0.717) is 24.8 Å². The standard InChI is InChI=1S/C29H29N3O3.ClH/c1-20(2)25-11-10-21(3)15-28(25)35-14-12-32-19-23(26-8-4-5-9-27(26)32)16-22(17-30)29(33)31-18-24-7-6-13-34-24;/h4-11,13,15-16,19-20H,12,14,18H2,1-3H3,(H,31,33);1H/b22-16+;. The highest BCUT2D eigenvalue weighted by molar-refractivity contribution is 6.04. The van der Waals surface area contributed by atoms with Gasteiger partial charge in [-0.15, -0.1) is 12.4 Å². The number of para-hydroxylation sites is 1. The molecule has 1 N–H and O–H groups in total. The predicted molar refractivity (Wildman–Crippen MR) is 144 cm³/mol. The fourth-order valence-corrected chi connectivity index (χ4v) is 4.05. The van der Waals surface area contributed by atoms with Crippen LogP contribution in [0.5, 0.6) is 5.75 Å². The van der Waals surface area contributed by atoms with Gasteiger partial charge in [-0.05, 0) is 54.3 Å². The van der Waals surface area contributed by atoms with Gasteiger partial charge in [-0.2, -0.15) is 5.26 Å². The number of hydrogen-bond donors (Lipinski definition) is 1. The van der Waals surface area contributed by atoms with Crippen molar-refractivity contribution in [2.24, 2.45) is 0 Å². The van der Waals surface area contributed by atoms with Gasteiger partial charge in [0.25, 0.3) is 5.91 Å². The second-order valence-electron chi connectivity index (χ2n) is 8.77. The van der Waals surface area contributed by atoms with Crippen LogP contribution in [-0.2, 0) is 17.9 Å². The molecule has 0 aliphatic rings. The molecule has 2 aromatic heterocycles. The van der Waals surface area contributed by atoms with E-state index in [-0.39, 0.29) is 24.5 Å². The summed E-state index contributed by atoms with van der Waals surface area (Å²) in [6.45, 7) is 7.74. The number of fused-ring (bicyclic) bond motifs is 1. The van der Waals surface area contributed by atoms with Gasteiger partial charge < -0.3 is 19.0 Å². The molecule has 6 nitrogen and oxygen atoms in total. The molecule has 0 saturated carbocycles. The zero-order valence-corrected chi connectivity index (χ0v) is 21.5. The number of halogens is 1. The lowest BCUT2D eigenvalue weighted by Crippen LogP contribution is -2.23. The lowest BCUT2D eigenvalue weighted by Gasteiger charge is -2.15. The normalized spacial score (nSPS) is 11.2. The van der Waals surface area contributed by atoms with Crippen LogP contribution in [-0.4, -0.2) is 17.1 Å². The molecule has 7 heteroatoms. The molecule has 36 heavy (non-hydrogen) atoms. The van der Waals surface area contributed by atoms with Crippen LogP contribution in [0.3, 0.4) is 0 Å². The molecular weight excluding hydrogens is 474 g/mol. The number of nitrogens with zero attached hydrogens (tertiary/aromatic N) is 2. The van der Waals surface area contributed by atoms with Crippen LogP contribution < -0.4 is 10.1 Å². The molecule has 0 atom stereocenters. The summed E-state index contributed by atoms with van der Waals surface area (Å²) < 4.78 is 13.5. The summed E-state index contributed by atoms with van der Waals surface area (Å²) in [5, 5.41) is 13.3. The van der Waals surface area contributed by atoms with Gasteiger partial charge in [-0.1, -0.05) is 44.2 Å². The van der Waals surface area contributed by atoms with E-state index >= 15 is 0 Å². The molecule has 0 saturated heterocycles. The number of ether oxygens (including phenoxy) is 1. The molecule has 4 rings (SSSR count). The molecule has 2 heterocycles. The molecule has 0 fully saturated rings. The third-order valence-corrected chi connectivity index (χ3v) is 5.87. The summed E-state index contributed by atoms with van der Waals surface area (Å²) >= 11 is 0. The molecule has 186 valence electrons. The van der Waals surface area contributed by atoms with Crippen molar-refractivity contribution in [2.75, 3.05) is 6.61 Å². The first-order chi connectivity index (χ1) is 17.0. The van der Waals surface area contributed by atoms with Crippen molar-refractivity contribution in [3.8, 4) is 11.8 Å². The van der Waals surface area contributed by atoms with E-state index in [4.69, 9.17) is 9.15 Å². The Balaban J connectivity index is 0.00000361. The van der Waals surface area contributed by atoms with Crippen molar-refractivity contribution < 1.29 is 13.9 Å². The monoisotopic (exact) mass is 503 g/mol. The average Bonchev–Trinajstić information content (AvgIpc) is 3.49. The van der Waals surface area contributed by atoms with Crippen LogP contribution in [0.4, 0.5) is 0 Å². The van der Waals surface area contributed by atoms with Gasteiger partial charge in [0, 0.05) is 22.7 Å². The maximum Gasteiger partial charge on any atom is 0.262 e. The minimum absolute atomic E-state index is 0. The SMILES string of the molecule is Cc1ccc(C(C)C)c(OCCn2cc(/C=C(\C#N)C(=O)NCc3ccco3)c3ccccc32)c1.Cl. The lowest BCUT2D eigenvalue weighted by atomic mass is 10.0. The first-order valence-corrected chi connectivity index (χ1v) is 11.7. The molecule has 0 aliphatic heterocycles. The van der Waals surface area contributed by atoms with E-state index in [2.05, 4.69) is 48.9 Å². The third kappa shape index (κ3) is 6.18. The van der Waals surface area contributed by atoms with Gasteiger partial charge in [0.05, 0.1) is 19.4 Å². The lowest BCUT2D eigenvalue weighted by molar-refractivity contribution is -0.117. The Hall–Kier alpha value is -3.95. The Morgan fingerprint density at radius 2 is 2.00 bits per heavy atom. The molecule has 0 bridgehead atoms. The molecule has 4 aromatic rings. The molecule has 2 aromatic carbocycles. The van der Waals surface area contributed by atoms with E-state index in [1.165, 1.54) is 5.56 Å². The zero-order valence-electron chi connectivity index (χ0n) is 20.7. The van der Waals surface area contributed by atoms with Gasteiger partial charge in [0.15, 0.2) is 0 Å². The number of nitrogens with one attached hydrogen (secondary N) is 1. The van der Waals surface area contributed by atoms with E-state index < -0.39 is 5.91 Å². The molecule has 0 unspecified atom stereocenters. The number of benzene rings is 2. The van der Waals surface area contributed by atoms with Gasteiger partial charge in [-0.25, -0.2) is 0 Å². The van der Waals surface area contributed by atoms with Gasteiger partial charge in [-0.3, -0.25) is 4.79 Å².